The quantitative estimate of drug-likeness (QED) is 0.262. The molecule has 33 heavy (non-hydrogen) atoms. The third-order valence-corrected chi connectivity index (χ3v) is 9.02. The first-order valence-corrected chi connectivity index (χ1v) is 13.3. The van der Waals surface area contributed by atoms with Crippen molar-refractivity contribution in [1.29, 1.82) is 0 Å². The molecule has 1 atom stereocenters. The second kappa shape index (κ2) is 8.44. The van der Waals surface area contributed by atoms with E-state index in [1.54, 1.807) is 27.7 Å². The van der Waals surface area contributed by atoms with E-state index in [0.29, 0.717) is 18.2 Å². The summed E-state index contributed by atoms with van der Waals surface area (Å²) in [4.78, 5) is 16.3. The summed E-state index contributed by atoms with van der Waals surface area (Å²) in [6.45, 7) is 13.5. The molecule has 0 N–H and O–H groups in total. The number of fused-ring (bicyclic) bond motifs is 5. The molecule has 1 aromatic carbocycles. The molecule has 5 rings (SSSR count). The normalized spacial score (nSPS) is 16.4. The van der Waals surface area contributed by atoms with Gasteiger partial charge in [-0.15, -0.1) is 21.5 Å². The molecule has 4 aromatic rings. The van der Waals surface area contributed by atoms with Crippen molar-refractivity contribution in [3.05, 3.63) is 68.8 Å². The minimum absolute atomic E-state index is 0.0527. The predicted molar refractivity (Wildman–Crippen MR) is 139 cm³/mol. The van der Waals surface area contributed by atoms with E-state index in [1.807, 2.05) is 25.1 Å². The van der Waals surface area contributed by atoms with Gasteiger partial charge in [0.05, 0.1) is 11.9 Å². The molecule has 0 saturated heterocycles. The number of rotatable bonds is 5. The number of benzene rings is 1. The molecule has 0 fully saturated rings. The topological polar surface area (TPSA) is 52.2 Å². The van der Waals surface area contributed by atoms with Gasteiger partial charge in [-0.2, -0.15) is 0 Å². The van der Waals surface area contributed by atoms with E-state index in [1.165, 1.54) is 10.4 Å². The van der Waals surface area contributed by atoms with Crippen LogP contribution in [0.25, 0.3) is 16.0 Å². The lowest BCUT2D eigenvalue weighted by atomic mass is 9.72. The van der Waals surface area contributed by atoms with Gasteiger partial charge in [0, 0.05) is 10.6 Å². The summed E-state index contributed by atoms with van der Waals surface area (Å²) in [5.74, 6) is 2.02. The summed E-state index contributed by atoms with van der Waals surface area (Å²) < 4.78 is 3.92. The maximum Gasteiger partial charge on any atom is 0.264 e. The molecule has 3 aromatic heterocycles. The van der Waals surface area contributed by atoms with E-state index in [0.717, 1.165) is 51.5 Å². The molecule has 3 heterocycles. The van der Waals surface area contributed by atoms with Gasteiger partial charge in [0.2, 0.25) is 5.78 Å². The molecule has 1 aliphatic carbocycles. The van der Waals surface area contributed by atoms with Gasteiger partial charge >= 0.3 is 0 Å². The van der Waals surface area contributed by atoms with Crippen LogP contribution < -0.4 is 5.56 Å². The van der Waals surface area contributed by atoms with Crippen LogP contribution in [0.15, 0.2) is 52.4 Å². The maximum atomic E-state index is 13.9. The zero-order valence-electron chi connectivity index (χ0n) is 19.7. The maximum absolute atomic E-state index is 13.9. The summed E-state index contributed by atoms with van der Waals surface area (Å²) in [6.07, 6.45) is 3.12. The fourth-order valence-electron chi connectivity index (χ4n) is 4.72. The predicted octanol–water partition coefficient (Wildman–Crippen LogP) is 5.97. The van der Waals surface area contributed by atoms with E-state index in [-0.39, 0.29) is 11.0 Å². The highest BCUT2D eigenvalue weighted by molar-refractivity contribution is 7.99. The fraction of sp³-hybridized carbons (Fsp3) is 0.423. The standard InChI is InChI=1S/C26H30N4OS2/c1-16(2)15-32-25-28-27-24-29(14-17-9-7-6-8-10-17)22(31)21-19-12-11-18(26(3,4)5)13-20(19)33-23(21)30(24)25/h6-10,18H,1,11-15H2,2-5H3/t18-/m0/s1. The van der Waals surface area contributed by atoms with Crippen LogP contribution in [0.3, 0.4) is 0 Å². The Morgan fingerprint density at radius 1 is 1.24 bits per heavy atom. The largest absolute Gasteiger partial charge is 0.272 e. The molecule has 0 bridgehead atoms. The van der Waals surface area contributed by atoms with Crippen LogP contribution in [0.1, 0.15) is 50.1 Å². The molecule has 0 radical (unpaired) electrons. The Bertz CT molecular complexity index is 1410. The lowest BCUT2D eigenvalue weighted by Gasteiger charge is -2.33. The smallest absolute Gasteiger partial charge is 0.264 e. The molecule has 0 aliphatic heterocycles. The van der Waals surface area contributed by atoms with Crippen LogP contribution in [0, 0.1) is 11.3 Å². The zero-order chi connectivity index (χ0) is 23.3. The Morgan fingerprint density at radius 2 is 2.00 bits per heavy atom. The van der Waals surface area contributed by atoms with E-state index >= 15 is 0 Å². The Kier molecular flexibility index (Phi) is 5.73. The number of thioether (sulfide) groups is 1. The molecule has 7 heteroatoms. The van der Waals surface area contributed by atoms with Crippen molar-refractivity contribution in [2.45, 2.75) is 58.7 Å². The molecular formula is C26H30N4OS2. The van der Waals surface area contributed by atoms with Crippen molar-refractivity contribution >= 4 is 39.1 Å². The second-order valence-corrected chi connectivity index (χ2v) is 12.3. The highest BCUT2D eigenvalue weighted by Crippen LogP contribution is 2.43. The van der Waals surface area contributed by atoms with Crippen molar-refractivity contribution in [1.82, 2.24) is 19.2 Å². The average molecular weight is 479 g/mol. The van der Waals surface area contributed by atoms with E-state index in [9.17, 15) is 4.79 Å². The first-order valence-electron chi connectivity index (χ1n) is 11.5. The number of hydrogen-bond acceptors (Lipinski definition) is 5. The highest BCUT2D eigenvalue weighted by Gasteiger charge is 2.33. The summed E-state index contributed by atoms with van der Waals surface area (Å²) in [7, 11) is 0. The highest BCUT2D eigenvalue weighted by atomic mass is 32.2. The van der Waals surface area contributed by atoms with Gasteiger partial charge in [-0.25, -0.2) is 4.40 Å². The molecule has 0 amide bonds. The Balaban J connectivity index is 1.74. The van der Waals surface area contributed by atoms with Gasteiger partial charge in [0.25, 0.3) is 5.56 Å². The Labute approximate surface area is 202 Å². The molecule has 172 valence electrons. The molecule has 0 spiro atoms. The lowest BCUT2D eigenvalue weighted by molar-refractivity contribution is 0.218. The molecule has 0 unspecified atom stereocenters. The summed E-state index contributed by atoms with van der Waals surface area (Å²) in [5.41, 5.74) is 3.72. The minimum atomic E-state index is 0.0527. The van der Waals surface area contributed by atoms with Gasteiger partial charge in [0.15, 0.2) is 5.16 Å². The van der Waals surface area contributed by atoms with Gasteiger partial charge in [-0.1, -0.05) is 75.0 Å². The van der Waals surface area contributed by atoms with Crippen LogP contribution >= 0.6 is 23.1 Å². The molecule has 0 saturated carbocycles. The van der Waals surface area contributed by atoms with E-state index in [2.05, 4.69) is 54.1 Å². The van der Waals surface area contributed by atoms with Gasteiger partial charge < -0.3 is 0 Å². The van der Waals surface area contributed by atoms with Crippen molar-refractivity contribution in [3.63, 3.8) is 0 Å². The first kappa shape index (κ1) is 22.4. The second-order valence-electron chi connectivity index (χ2n) is 10.2. The SMILES string of the molecule is C=C(C)CSc1nnc2n(Cc3ccccc3)c(=O)c3c4c(sc3n12)C[C@@H](C(C)(C)C)CC4. The summed E-state index contributed by atoms with van der Waals surface area (Å²) in [5, 5.41) is 10.7. The molecule has 5 nitrogen and oxygen atoms in total. The Hall–Kier alpha value is -2.38. The Morgan fingerprint density at radius 3 is 2.70 bits per heavy atom. The van der Waals surface area contributed by atoms with Crippen LogP contribution in [0.4, 0.5) is 0 Å². The van der Waals surface area contributed by atoms with Crippen LogP contribution in [0.2, 0.25) is 0 Å². The number of hydrogen-bond donors (Lipinski definition) is 0. The van der Waals surface area contributed by atoms with Crippen molar-refractivity contribution in [2.75, 3.05) is 5.75 Å². The van der Waals surface area contributed by atoms with Crippen LogP contribution in [-0.4, -0.2) is 24.9 Å². The van der Waals surface area contributed by atoms with Gasteiger partial charge in [-0.3, -0.25) is 9.36 Å². The van der Waals surface area contributed by atoms with Crippen LogP contribution in [0.5, 0.6) is 0 Å². The van der Waals surface area contributed by atoms with E-state index in [4.69, 9.17) is 0 Å². The third-order valence-electron chi connectivity index (χ3n) is 6.62. The third kappa shape index (κ3) is 4.06. The van der Waals surface area contributed by atoms with Crippen molar-refractivity contribution in [3.8, 4) is 0 Å². The fourth-order valence-corrected chi connectivity index (χ4v) is 6.97. The number of nitrogens with zero attached hydrogens (tertiary/aromatic N) is 4. The van der Waals surface area contributed by atoms with Crippen molar-refractivity contribution in [2.24, 2.45) is 11.3 Å². The number of aryl methyl sites for hydroxylation is 1. The number of aromatic nitrogens is 4. The van der Waals surface area contributed by atoms with Crippen molar-refractivity contribution < 1.29 is 0 Å². The van der Waals surface area contributed by atoms with E-state index < -0.39 is 0 Å². The summed E-state index contributed by atoms with van der Waals surface area (Å²) in [6, 6.07) is 10.1. The van der Waals surface area contributed by atoms with Crippen LogP contribution in [-0.2, 0) is 19.4 Å². The zero-order valence-corrected chi connectivity index (χ0v) is 21.4. The molecular weight excluding hydrogens is 448 g/mol. The van der Waals surface area contributed by atoms with Gasteiger partial charge in [-0.05, 0) is 48.6 Å². The summed E-state index contributed by atoms with van der Waals surface area (Å²) >= 11 is 3.40. The first-order chi connectivity index (χ1) is 15.7. The average Bonchev–Trinajstić information content (AvgIpc) is 3.36. The molecule has 1 aliphatic rings. The van der Waals surface area contributed by atoms with Gasteiger partial charge in [0.1, 0.15) is 4.83 Å². The lowest BCUT2D eigenvalue weighted by Crippen LogP contribution is -2.27. The minimum Gasteiger partial charge on any atom is -0.272 e. The monoisotopic (exact) mass is 478 g/mol. The number of thiophene rings is 1.